The predicted octanol–water partition coefficient (Wildman–Crippen LogP) is 2.77. The van der Waals surface area contributed by atoms with E-state index in [-0.39, 0.29) is 6.61 Å². The molecule has 0 aliphatic heterocycles. The van der Waals surface area contributed by atoms with Gasteiger partial charge in [-0.1, -0.05) is 23.4 Å². The topological polar surface area (TPSA) is 46.0 Å². The Bertz CT molecular complexity index is 479. The standard InChI is InChI=1S/C11H9ClN2OS/c12-9-1-2-10(8(5-9)7-15)16-11-6-13-3-4-14-11/h1-6,15H,7H2. The van der Waals surface area contributed by atoms with Gasteiger partial charge >= 0.3 is 0 Å². The van der Waals surface area contributed by atoms with Crippen LogP contribution in [0.15, 0.2) is 46.7 Å². The van der Waals surface area contributed by atoms with Crippen molar-refractivity contribution in [2.75, 3.05) is 0 Å². The molecule has 82 valence electrons. The first-order valence-corrected chi connectivity index (χ1v) is 5.82. The number of rotatable bonds is 3. The monoisotopic (exact) mass is 252 g/mol. The van der Waals surface area contributed by atoms with Gasteiger partial charge in [-0.15, -0.1) is 0 Å². The third-order valence-corrected chi connectivity index (χ3v) is 3.22. The van der Waals surface area contributed by atoms with Crippen LogP contribution in [0.3, 0.4) is 0 Å². The molecule has 1 aromatic carbocycles. The summed E-state index contributed by atoms with van der Waals surface area (Å²) in [7, 11) is 0. The minimum atomic E-state index is -0.0385. The highest BCUT2D eigenvalue weighted by Gasteiger charge is 2.05. The second-order valence-electron chi connectivity index (χ2n) is 3.06. The lowest BCUT2D eigenvalue weighted by molar-refractivity contribution is 0.279. The van der Waals surface area contributed by atoms with E-state index in [1.54, 1.807) is 30.7 Å². The molecule has 0 fully saturated rings. The zero-order chi connectivity index (χ0) is 11.4. The highest BCUT2D eigenvalue weighted by Crippen LogP contribution is 2.30. The molecule has 0 spiro atoms. The molecule has 1 heterocycles. The van der Waals surface area contributed by atoms with Gasteiger partial charge in [0.1, 0.15) is 5.03 Å². The van der Waals surface area contributed by atoms with Gasteiger partial charge in [0.15, 0.2) is 0 Å². The zero-order valence-electron chi connectivity index (χ0n) is 8.30. The predicted molar refractivity (Wildman–Crippen MR) is 63.5 cm³/mol. The molecule has 0 amide bonds. The van der Waals surface area contributed by atoms with Gasteiger partial charge in [-0.05, 0) is 23.8 Å². The summed E-state index contributed by atoms with van der Waals surface area (Å²) in [5.74, 6) is 0. The van der Waals surface area contributed by atoms with Crippen molar-refractivity contribution in [1.29, 1.82) is 0 Å². The summed E-state index contributed by atoms with van der Waals surface area (Å²) in [6.45, 7) is -0.0385. The van der Waals surface area contributed by atoms with Crippen LogP contribution in [0, 0.1) is 0 Å². The van der Waals surface area contributed by atoms with E-state index in [0.29, 0.717) is 5.02 Å². The zero-order valence-corrected chi connectivity index (χ0v) is 9.87. The number of aliphatic hydroxyl groups excluding tert-OH is 1. The van der Waals surface area contributed by atoms with Crippen LogP contribution in [-0.2, 0) is 6.61 Å². The normalized spacial score (nSPS) is 10.4. The molecule has 3 nitrogen and oxygen atoms in total. The fraction of sp³-hybridized carbons (Fsp3) is 0.0909. The molecule has 0 atom stereocenters. The maximum absolute atomic E-state index is 9.21. The number of aliphatic hydroxyl groups is 1. The first-order chi connectivity index (χ1) is 7.79. The van der Waals surface area contributed by atoms with Crippen molar-refractivity contribution in [3.05, 3.63) is 47.4 Å². The first-order valence-electron chi connectivity index (χ1n) is 4.63. The molecule has 0 aliphatic rings. The molecule has 0 saturated heterocycles. The number of hydrogen-bond donors (Lipinski definition) is 1. The van der Waals surface area contributed by atoms with Crippen molar-refractivity contribution in [1.82, 2.24) is 9.97 Å². The summed E-state index contributed by atoms with van der Waals surface area (Å²) >= 11 is 7.31. The third kappa shape index (κ3) is 2.72. The first kappa shape index (κ1) is 11.4. The molecule has 1 aromatic heterocycles. The second-order valence-corrected chi connectivity index (χ2v) is 4.55. The summed E-state index contributed by atoms with van der Waals surface area (Å²) in [5.41, 5.74) is 0.795. The van der Waals surface area contributed by atoms with E-state index in [4.69, 9.17) is 11.6 Å². The maximum Gasteiger partial charge on any atom is 0.119 e. The Kier molecular flexibility index (Phi) is 3.77. The van der Waals surface area contributed by atoms with Crippen molar-refractivity contribution in [2.24, 2.45) is 0 Å². The number of hydrogen-bond acceptors (Lipinski definition) is 4. The molecule has 1 N–H and O–H groups in total. The van der Waals surface area contributed by atoms with E-state index in [2.05, 4.69) is 9.97 Å². The van der Waals surface area contributed by atoms with Gasteiger partial charge in [0.2, 0.25) is 0 Å². The Hall–Kier alpha value is -1.10. The Balaban J connectivity index is 2.28. The van der Waals surface area contributed by atoms with Crippen LogP contribution in [0.4, 0.5) is 0 Å². The molecular weight excluding hydrogens is 244 g/mol. The fourth-order valence-corrected chi connectivity index (χ4v) is 2.26. The number of benzene rings is 1. The Morgan fingerprint density at radius 2 is 2.19 bits per heavy atom. The van der Waals surface area contributed by atoms with E-state index in [1.807, 2.05) is 6.07 Å². The summed E-state index contributed by atoms with van der Waals surface area (Å²) in [6, 6.07) is 5.41. The SMILES string of the molecule is OCc1cc(Cl)ccc1Sc1cnccn1. The molecule has 16 heavy (non-hydrogen) atoms. The van der Waals surface area contributed by atoms with Crippen molar-refractivity contribution >= 4 is 23.4 Å². The van der Waals surface area contributed by atoms with E-state index >= 15 is 0 Å². The average molecular weight is 253 g/mol. The minimum Gasteiger partial charge on any atom is -0.392 e. The lowest BCUT2D eigenvalue weighted by Gasteiger charge is -2.06. The summed E-state index contributed by atoms with van der Waals surface area (Å²) in [6.07, 6.45) is 4.94. The van der Waals surface area contributed by atoms with Crippen molar-refractivity contribution in [3.63, 3.8) is 0 Å². The van der Waals surface area contributed by atoms with Crippen LogP contribution >= 0.6 is 23.4 Å². The summed E-state index contributed by atoms with van der Waals surface area (Å²) in [4.78, 5) is 9.08. The van der Waals surface area contributed by atoms with Gasteiger partial charge in [0.25, 0.3) is 0 Å². The Morgan fingerprint density at radius 3 is 2.88 bits per heavy atom. The summed E-state index contributed by atoms with van der Waals surface area (Å²) in [5, 5.41) is 10.6. The van der Waals surface area contributed by atoms with E-state index in [0.717, 1.165) is 15.5 Å². The molecule has 0 radical (unpaired) electrons. The number of halogens is 1. The van der Waals surface area contributed by atoms with Crippen LogP contribution in [-0.4, -0.2) is 15.1 Å². The number of aromatic nitrogens is 2. The largest absolute Gasteiger partial charge is 0.392 e. The molecule has 0 bridgehead atoms. The van der Waals surface area contributed by atoms with Crippen molar-refractivity contribution in [2.45, 2.75) is 16.5 Å². The van der Waals surface area contributed by atoms with Crippen molar-refractivity contribution < 1.29 is 5.11 Å². The Labute approximate surface area is 103 Å². The molecule has 2 aromatic rings. The van der Waals surface area contributed by atoms with Crippen LogP contribution < -0.4 is 0 Å². The van der Waals surface area contributed by atoms with Crippen LogP contribution in [0.5, 0.6) is 0 Å². The third-order valence-electron chi connectivity index (χ3n) is 1.95. The lowest BCUT2D eigenvalue weighted by Crippen LogP contribution is -1.88. The van der Waals surface area contributed by atoms with Gasteiger partial charge in [0, 0.05) is 22.3 Å². The van der Waals surface area contributed by atoms with E-state index in [1.165, 1.54) is 11.8 Å². The number of nitrogens with zero attached hydrogens (tertiary/aromatic N) is 2. The van der Waals surface area contributed by atoms with Crippen molar-refractivity contribution in [3.8, 4) is 0 Å². The molecule has 5 heteroatoms. The smallest absolute Gasteiger partial charge is 0.119 e. The molecule has 0 aliphatic carbocycles. The second kappa shape index (κ2) is 5.30. The highest BCUT2D eigenvalue weighted by atomic mass is 35.5. The minimum absolute atomic E-state index is 0.0385. The lowest BCUT2D eigenvalue weighted by atomic mass is 10.2. The van der Waals surface area contributed by atoms with Crippen LogP contribution in [0.2, 0.25) is 5.02 Å². The van der Waals surface area contributed by atoms with Crippen LogP contribution in [0.25, 0.3) is 0 Å². The maximum atomic E-state index is 9.21. The van der Waals surface area contributed by atoms with Gasteiger partial charge in [0.05, 0.1) is 12.8 Å². The summed E-state index contributed by atoms with van der Waals surface area (Å²) < 4.78 is 0. The van der Waals surface area contributed by atoms with Gasteiger partial charge in [-0.3, -0.25) is 4.98 Å². The quantitative estimate of drug-likeness (QED) is 0.913. The molecule has 0 unspecified atom stereocenters. The molecule has 2 rings (SSSR count). The van der Waals surface area contributed by atoms with Gasteiger partial charge in [-0.25, -0.2) is 4.98 Å². The van der Waals surface area contributed by atoms with E-state index < -0.39 is 0 Å². The van der Waals surface area contributed by atoms with Gasteiger partial charge in [-0.2, -0.15) is 0 Å². The van der Waals surface area contributed by atoms with Crippen LogP contribution in [0.1, 0.15) is 5.56 Å². The Morgan fingerprint density at radius 1 is 1.31 bits per heavy atom. The van der Waals surface area contributed by atoms with E-state index in [9.17, 15) is 5.11 Å². The highest BCUT2D eigenvalue weighted by molar-refractivity contribution is 7.99. The average Bonchev–Trinajstić information content (AvgIpc) is 2.33. The molecular formula is C11H9ClN2OS. The van der Waals surface area contributed by atoms with Gasteiger partial charge < -0.3 is 5.11 Å². The fourth-order valence-electron chi connectivity index (χ4n) is 1.22. The molecule has 0 saturated carbocycles.